The summed E-state index contributed by atoms with van der Waals surface area (Å²) in [6, 6.07) is 13.5. The van der Waals surface area contributed by atoms with Crippen LogP contribution >= 0.6 is 0 Å². The van der Waals surface area contributed by atoms with Crippen molar-refractivity contribution in [3.8, 4) is 0 Å². The van der Waals surface area contributed by atoms with Crippen molar-refractivity contribution in [3.63, 3.8) is 0 Å². The average Bonchev–Trinajstić information content (AvgIpc) is 2.75. The number of hydrogen-bond donors (Lipinski definition) is 2. The van der Waals surface area contributed by atoms with Crippen LogP contribution in [0.5, 0.6) is 0 Å². The first kappa shape index (κ1) is 12.5. The molecule has 0 aliphatic rings. The molecule has 20 heavy (non-hydrogen) atoms. The molecule has 5 heteroatoms. The molecule has 2 aromatic heterocycles. The summed E-state index contributed by atoms with van der Waals surface area (Å²) in [5.74, 6) is 0.831. The number of fused-ring (bicyclic) bond motifs is 1. The second-order valence-electron chi connectivity index (χ2n) is 4.69. The number of aromatic nitrogens is 3. The third-order valence-corrected chi connectivity index (χ3v) is 3.21. The summed E-state index contributed by atoms with van der Waals surface area (Å²) in [6.45, 7) is 3.20. The molecule has 2 N–H and O–H groups in total. The van der Waals surface area contributed by atoms with Gasteiger partial charge in [-0.15, -0.1) is 0 Å². The zero-order valence-electron chi connectivity index (χ0n) is 11.3. The van der Waals surface area contributed by atoms with E-state index in [1.165, 1.54) is 0 Å². The molecule has 5 nitrogen and oxygen atoms in total. The van der Waals surface area contributed by atoms with E-state index in [0.717, 1.165) is 22.5 Å². The molecule has 3 rings (SSSR count). The maximum atomic E-state index is 11.9. The number of benzene rings is 1. The fourth-order valence-electron chi connectivity index (χ4n) is 2.27. The van der Waals surface area contributed by atoms with Crippen molar-refractivity contribution >= 4 is 16.9 Å². The number of H-pyrrole nitrogens is 1. The van der Waals surface area contributed by atoms with Gasteiger partial charge in [-0.25, -0.2) is 9.78 Å². The highest BCUT2D eigenvalue weighted by atomic mass is 16.1. The minimum Gasteiger partial charge on any atom is -0.368 e. The van der Waals surface area contributed by atoms with E-state index >= 15 is 0 Å². The van der Waals surface area contributed by atoms with E-state index in [2.05, 4.69) is 15.3 Å². The Hall–Kier alpha value is -2.56. The zero-order chi connectivity index (χ0) is 13.9. The summed E-state index contributed by atoms with van der Waals surface area (Å²) in [4.78, 5) is 19.1. The summed E-state index contributed by atoms with van der Waals surface area (Å²) in [7, 11) is 0. The normalized spacial score (nSPS) is 10.8. The van der Waals surface area contributed by atoms with Gasteiger partial charge < -0.3 is 10.3 Å². The number of hydrogen-bond acceptors (Lipinski definition) is 3. The predicted molar refractivity (Wildman–Crippen MR) is 80.0 cm³/mol. The van der Waals surface area contributed by atoms with Crippen LogP contribution in [0.1, 0.15) is 5.69 Å². The molecule has 102 valence electrons. The molecule has 3 aromatic rings. The van der Waals surface area contributed by atoms with E-state index in [9.17, 15) is 4.79 Å². The van der Waals surface area contributed by atoms with E-state index in [-0.39, 0.29) is 5.69 Å². The first-order chi connectivity index (χ1) is 9.74. The Kier molecular flexibility index (Phi) is 3.25. The predicted octanol–water partition coefficient (Wildman–Crippen LogP) is 2.15. The molecular weight excluding hydrogens is 252 g/mol. The minimum absolute atomic E-state index is 0.0785. The van der Waals surface area contributed by atoms with Gasteiger partial charge >= 0.3 is 5.69 Å². The molecule has 0 fully saturated rings. The van der Waals surface area contributed by atoms with Gasteiger partial charge in [-0.2, -0.15) is 0 Å². The summed E-state index contributed by atoms with van der Waals surface area (Å²) >= 11 is 0. The molecule has 2 heterocycles. The fourth-order valence-corrected chi connectivity index (χ4v) is 2.27. The second kappa shape index (κ2) is 5.21. The summed E-state index contributed by atoms with van der Waals surface area (Å²) in [6.07, 6.45) is 0. The standard InChI is InChI=1S/C15H16N4O/c1-11-5-4-8-14(17-11)16-9-10-19-13-7-3-2-6-12(13)18-15(19)20/h2-8H,9-10H2,1H3,(H,16,17)(H,18,20). The molecular formula is C15H16N4O. The van der Waals surface area contributed by atoms with Crippen LogP contribution < -0.4 is 11.0 Å². The van der Waals surface area contributed by atoms with Gasteiger partial charge in [0.05, 0.1) is 11.0 Å². The van der Waals surface area contributed by atoms with Crippen LogP contribution in [0.3, 0.4) is 0 Å². The van der Waals surface area contributed by atoms with Gasteiger partial charge in [0.2, 0.25) is 0 Å². The van der Waals surface area contributed by atoms with Crippen LogP contribution in [-0.2, 0) is 6.54 Å². The fraction of sp³-hybridized carbons (Fsp3) is 0.200. The van der Waals surface area contributed by atoms with Crippen molar-refractivity contribution in [2.24, 2.45) is 0 Å². The minimum atomic E-state index is -0.0785. The van der Waals surface area contributed by atoms with Gasteiger partial charge in [0.25, 0.3) is 0 Å². The van der Waals surface area contributed by atoms with Gasteiger partial charge in [0.1, 0.15) is 5.82 Å². The Labute approximate surface area is 116 Å². The first-order valence-corrected chi connectivity index (χ1v) is 6.59. The lowest BCUT2D eigenvalue weighted by Gasteiger charge is -2.07. The largest absolute Gasteiger partial charge is 0.368 e. The van der Waals surface area contributed by atoms with Gasteiger partial charge in [-0.3, -0.25) is 4.57 Å². The lowest BCUT2D eigenvalue weighted by Crippen LogP contribution is -2.21. The first-order valence-electron chi connectivity index (χ1n) is 6.59. The monoisotopic (exact) mass is 268 g/mol. The molecule has 0 radical (unpaired) electrons. The molecule has 0 aliphatic carbocycles. The third-order valence-electron chi connectivity index (χ3n) is 3.21. The number of rotatable bonds is 4. The van der Waals surface area contributed by atoms with Crippen molar-refractivity contribution in [2.45, 2.75) is 13.5 Å². The van der Waals surface area contributed by atoms with E-state index in [4.69, 9.17) is 0 Å². The molecule has 0 atom stereocenters. The Morgan fingerprint density at radius 1 is 1.20 bits per heavy atom. The number of aromatic amines is 1. The highest BCUT2D eigenvalue weighted by Crippen LogP contribution is 2.09. The van der Waals surface area contributed by atoms with E-state index in [1.807, 2.05) is 49.4 Å². The Balaban J connectivity index is 1.74. The molecule has 0 unspecified atom stereocenters. The van der Waals surface area contributed by atoms with E-state index < -0.39 is 0 Å². The second-order valence-corrected chi connectivity index (χ2v) is 4.69. The maximum Gasteiger partial charge on any atom is 0.326 e. The van der Waals surface area contributed by atoms with Crippen LogP contribution in [0.15, 0.2) is 47.3 Å². The highest BCUT2D eigenvalue weighted by molar-refractivity contribution is 5.74. The summed E-state index contributed by atoms with van der Waals surface area (Å²) in [5, 5.41) is 3.23. The van der Waals surface area contributed by atoms with Crippen molar-refractivity contribution in [3.05, 3.63) is 58.6 Å². The number of nitrogens with zero attached hydrogens (tertiary/aromatic N) is 2. The van der Waals surface area contributed by atoms with Crippen LogP contribution in [0.2, 0.25) is 0 Å². The third kappa shape index (κ3) is 2.42. The quantitative estimate of drug-likeness (QED) is 0.762. The van der Waals surface area contributed by atoms with E-state index in [0.29, 0.717) is 13.1 Å². The van der Waals surface area contributed by atoms with Crippen LogP contribution in [-0.4, -0.2) is 21.1 Å². The summed E-state index contributed by atoms with van der Waals surface area (Å²) < 4.78 is 1.73. The molecule has 0 amide bonds. The lowest BCUT2D eigenvalue weighted by atomic mass is 10.3. The molecule has 0 bridgehead atoms. The zero-order valence-corrected chi connectivity index (χ0v) is 11.3. The van der Waals surface area contributed by atoms with Gasteiger partial charge in [-0.1, -0.05) is 18.2 Å². The topological polar surface area (TPSA) is 62.7 Å². The van der Waals surface area contributed by atoms with Gasteiger partial charge in [0.15, 0.2) is 0 Å². The van der Waals surface area contributed by atoms with Crippen LogP contribution in [0.4, 0.5) is 5.82 Å². The number of imidazole rings is 1. The summed E-state index contributed by atoms with van der Waals surface area (Å²) in [5.41, 5.74) is 2.69. The number of anilines is 1. The van der Waals surface area contributed by atoms with Crippen molar-refractivity contribution < 1.29 is 0 Å². The Morgan fingerprint density at radius 2 is 2.05 bits per heavy atom. The Morgan fingerprint density at radius 3 is 2.90 bits per heavy atom. The number of pyridine rings is 1. The number of nitrogens with one attached hydrogen (secondary N) is 2. The molecule has 0 saturated carbocycles. The van der Waals surface area contributed by atoms with Gasteiger partial charge in [-0.05, 0) is 31.2 Å². The van der Waals surface area contributed by atoms with Crippen LogP contribution in [0, 0.1) is 6.92 Å². The van der Waals surface area contributed by atoms with Gasteiger partial charge in [0, 0.05) is 18.8 Å². The van der Waals surface area contributed by atoms with Crippen molar-refractivity contribution in [2.75, 3.05) is 11.9 Å². The van der Waals surface area contributed by atoms with Crippen LogP contribution in [0.25, 0.3) is 11.0 Å². The smallest absolute Gasteiger partial charge is 0.326 e. The average molecular weight is 268 g/mol. The molecule has 0 spiro atoms. The molecule has 0 aliphatic heterocycles. The maximum absolute atomic E-state index is 11.9. The van der Waals surface area contributed by atoms with Crippen molar-refractivity contribution in [1.29, 1.82) is 0 Å². The number of para-hydroxylation sites is 2. The lowest BCUT2D eigenvalue weighted by molar-refractivity contribution is 0.719. The molecule has 1 aromatic carbocycles. The highest BCUT2D eigenvalue weighted by Gasteiger charge is 2.05. The Bertz CT molecular complexity index is 788. The van der Waals surface area contributed by atoms with Crippen molar-refractivity contribution in [1.82, 2.24) is 14.5 Å². The van der Waals surface area contributed by atoms with E-state index in [1.54, 1.807) is 4.57 Å². The number of aryl methyl sites for hydroxylation is 1. The molecule has 0 saturated heterocycles. The SMILES string of the molecule is Cc1cccc(NCCn2c(=O)[nH]c3ccccc32)n1.